The Bertz CT molecular complexity index is 1320. The molecule has 5 rings (SSSR count). The zero-order chi connectivity index (χ0) is 26.7. The summed E-state index contributed by atoms with van der Waals surface area (Å²) in [6.07, 6.45) is 6.41. The van der Waals surface area contributed by atoms with E-state index in [4.69, 9.17) is 14.2 Å². The number of methoxy groups -OCH3 is 1. The number of amides is 1. The molecule has 0 aliphatic carbocycles. The van der Waals surface area contributed by atoms with Crippen LogP contribution in [0.4, 0.5) is 0 Å². The summed E-state index contributed by atoms with van der Waals surface area (Å²) in [5.41, 5.74) is 0.902. The van der Waals surface area contributed by atoms with Gasteiger partial charge in [-0.15, -0.1) is 0 Å². The molecule has 0 aromatic heterocycles. The molecule has 2 aliphatic rings. The number of carbonyl (C=O) groups is 2. The highest BCUT2D eigenvalue weighted by Crippen LogP contribution is 2.57. The summed E-state index contributed by atoms with van der Waals surface area (Å²) >= 11 is 0. The first-order chi connectivity index (χ1) is 18.4. The number of phenolic OH excluding ortho intramolecular Hbond substituents is 2. The highest BCUT2D eigenvalue weighted by molar-refractivity contribution is 6.00. The van der Waals surface area contributed by atoms with Crippen molar-refractivity contribution in [1.29, 1.82) is 0 Å². The zero-order valence-electron chi connectivity index (χ0n) is 21.3. The normalized spacial score (nSPS) is 14.3. The van der Waals surface area contributed by atoms with E-state index in [-0.39, 0.29) is 17.4 Å². The molecule has 198 valence electrons. The van der Waals surface area contributed by atoms with Crippen LogP contribution in [0.5, 0.6) is 23.0 Å². The fourth-order valence-corrected chi connectivity index (χ4v) is 5.22. The van der Waals surface area contributed by atoms with Gasteiger partial charge in [0.2, 0.25) is 0 Å². The molecule has 1 amide bonds. The molecule has 0 unspecified atom stereocenters. The predicted octanol–water partition coefficient (Wildman–Crippen LogP) is 5.38. The standard InChI is InChI=1S/C30H31NO7/c1-36-15-7-5-3-2-4-6-14-31-28(34)19-8-11-22-25(16-19)30(38-29(22)35)23-12-9-20(32)17-26(23)37-27-18-21(33)10-13-24(27)30/h8-13,16-18,32-33H,2-7,14-15H2,1H3,(H,31,34). The highest BCUT2D eigenvalue weighted by Gasteiger charge is 2.53. The maximum Gasteiger partial charge on any atom is 0.340 e. The van der Waals surface area contributed by atoms with Gasteiger partial charge in [0, 0.05) is 54.6 Å². The van der Waals surface area contributed by atoms with E-state index in [0.29, 0.717) is 45.9 Å². The number of fused-ring (bicyclic) bond motifs is 6. The third kappa shape index (κ3) is 4.67. The Morgan fingerprint density at radius 3 is 2.13 bits per heavy atom. The molecule has 0 fully saturated rings. The molecule has 8 nitrogen and oxygen atoms in total. The molecule has 8 heteroatoms. The number of ether oxygens (including phenoxy) is 3. The van der Waals surface area contributed by atoms with Crippen LogP contribution in [0.3, 0.4) is 0 Å². The lowest BCUT2D eigenvalue weighted by molar-refractivity contribution is 0.0224. The predicted molar refractivity (Wildman–Crippen MR) is 140 cm³/mol. The topological polar surface area (TPSA) is 114 Å². The number of hydrogen-bond acceptors (Lipinski definition) is 7. The maximum atomic E-state index is 13.1. The molecule has 0 bridgehead atoms. The van der Waals surface area contributed by atoms with Crippen LogP contribution in [0.1, 0.15) is 75.9 Å². The van der Waals surface area contributed by atoms with Crippen molar-refractivity contribution >= 4 is 11.9 Å². The summed E-state index contributed by atoms with van der Waals surface area (Å²) in [7, 11) is 1.72. The third-order valence-corrected chi connectivity index (χ3v) is 7.10. The number of carbonyl (C=O) groups excluding carboxylic acids is 2. The fraction of sp³-hybridized carbons (Fsp3) is 0.333. The monoisotopic (exact) mass is 517 g/mol. The van der Waals surface area contributed by atoms with Gasteiger partial charge in [0.15, 0.2) is 5.60 Å². The molecule has 3 aromatic rings. The Morgan fingerprint density at radius 1 is 0.842 bits per heavy atom. The Balaban J connectivity index is 1.39. The van der Waals surface area contributed by atoms with E-state index in [1.165, 1.54) is 24.3 Å². The number of unbranched alkanes of at least 4 members (excludes halogenated alkanes) is 5. The van der Waals surface area contributed by atoms with Gasteiger partial charge < -0.3 is 29.7 Å². The average Bonchev–Trinajstić information content (AvgIpc) is 3.19. The summed E-state index contributed by atoms with van der Waals surface area (Å²) < 4.78 is 17.1. The first kappa shape index (κ1) is 25.6. The van der Waals surface area contributed by atoms with Crippen molar-refractivity contribution in [2.24, 2.45) is 0 Å². The second-order valence-corrected chi connectivity index (χ2v) is 9.66. The van der Waals surface area contributed by atoms with Crippen LogP contribution in [0.2, 0.25) is 0 Å². The molecule has 1 spiro atoms. The van der Waals surface area contributed by atoms with Crippen LogP contribution in [-0.2, 0) is 15.1 Å². The van der Waals surface area contributed by atoms with Crippen molar-refractivity contribution in [3.63, 3.8) is 0 Å². The molecule has 2 aliphatic heterocycles. The summed E-state index contributed by atoms with van der Waals surface area (Å²) in [4.78, 5) is 26.1. The van der Waals surface area contributed by atoms with E-state index in [0.717, 1.165) is 45.1 Å². The van der Waals surface area contributed by atoms with E-state index in [2.05, 4.69) is 5.32 Å². The van der Waals surface area contributed by atoms with Crippen LogP contribution >= 0.6 is 0 Å². The van der Waals surface area contributed by atoms with E-state index >= 15 is 0 Å². The second kappa shape index (κ2) is 10.8. The first-order valence-electron chi connectivity index (χ1n) is 12.9. The number of aromatic hydroxyl groups is 2. The van der Waals surface area contributed by atoms with Gasteiger partial charge in [-0.05, 0) is 55.3 Å². The molecular weight excluding hydrogens is 486 g/mol. The third-order valence-electron chi connectivity index (χ3n) is 7.10. The molecule has 0 saturated heterocycles. The Morgan fingerprint density at radius 2 is 1.47 bits per heavy atom. The molecule has 0 saturated carbocycles. The smallest absolute Gasteiger partial charge is 0.340 e. The summed E-state index contributed by atoms with van der Waals surface area (Å²) in [5.74, 6) is -0.212. The number of phenols is 2. The molecule has 0 radical (unpaired) electrons. The number of benzene rings is 3. The van der Waals surface area contributed by atoms with Crippen LogP contribution in [-0.4, -0.2) is 42.4 Å². The van der Waals surface area contributed by atoms with Crippen LogP contribution < -0.4 is 10.1 Å². The first-order valence-corrected chi connectivity index (χ1v) is 12.9. The Hall–Kier alpha value is -4.04. The lowest BCUT2D eigenvalue weighted by Gasteiger charge is -2.36. The molecule has 3 N–H and O–H groups in total. The van der Waals surface area contributed by atoms with Crippen molar-refractivity contribution in [3.8, 4) is 23.0 Å². The molecule has 2 heterocycles. The summed E-state index contributed by atoms with van der Waals surface area (Å²) in [6.45, 7) is 1.36. The highest BCUT2D eigenvalue weighted by atomic mass is 16.6. The van der Waals surface area contributed by atoms with E-state index in [9.17, 15) is 19.8 Å². The molecular formula is C30H31NO7. The average molecular weight is 518 g/mol. The van der Waals surface area contributed by atoms with Crippen LogP contribution in [0, 0.1) is 0 Å². The van der Waals surface area contributed by atoms with Gasteiger partial charge in [-0.1, -0.05) is 25.7 Å². The van der Waals surface area contributed by atoms with Crippen LogP contribution in [0.25, 0.3) is 0 Å². The Labute approximate surface area is 221 Å². The van der Waals surface area contributed by atoms with Crippen molar-refractivity contribution in [2.75, 3.05) is 20.3 Å². The fourth-order valence-electron chi connectivity index (χ4n) is 5.22. The van der Waals surface area contributed by atoms with Gasteiger partial charge in [-0.25, -0.2) is 4.79 Å². The SMILES string of the molecule is COCCCCCCCCNC(=O)c1ccc2c(c1)C1(OC2=O)c2ccc(O)cc2Oc2cc(O)ccc21. The lowest BCUT2D eigenvalue weighted by Crippen LogP contribution is -2.33. The minimum Gasteiger partial charge on any atom is -0.508 e. The zero-order valence-corrected chi connectivity index (χ0v) is 21.3. The second-order valence-electron chi connectivity index (χ2n) is 9.66. The van der Waals surface area contributed by atoms with Crippen molar-refractivity contribution in [3.05, 3.63) is 82.4 Å². The lowest BCUT2D eigenvalue weighted by atomic mass is 9.77. The van der Waals surface area contributed by atoms with E-state index in [1.54, 1.807) is 37.4 Å². The minimum absolute atomic E-state index is 0.0184. The van der Waals surface area contributed by atoms with Crippen molar-refractivity contribution < 1.29 is 34.0 Å². The van der Waals surface area contributed by atoms with Gasteiger partial charge in [0.05, 0.1) is 5.56 Å². The van der Waals surface area contributed by atoms with Gasteiger partial charge in [0.25, 0.3) is 5.91 Å². The Kier molecular flexibility index (Phi) is 7.24. The number of nitrogens with one attached hydrogen (secondary N) is 1. The number of rotatable bonds is 10. The van der Waals surface area contributed by atoms with Gasteiger partial charge in [0.1, 0.15) is 23.0 Å². The van der Waals surface area contributed by atoms with Crippen molar-refractivity contribution in [1.82, 2.24) is 5.32 Å². The van der Waals surface area contributed by atoms with Gasteiger partial charge >= 0.3 is 5.97 Å². The summed E-state index contributed by atoms with van der Waals surface area (Å²) in [5, 5.41) is 23.1. The largest absolute Gasteiger partial charge is 0.508 e. The van der Waals surface area contributed by atoms with Crippen LogP contribution in [0.15, 0.2) is 54.6 Å². The van der Waals surface area contributed by atoms with E-state index < -0.39 is 11.6 Å². The van der Waals surface area contributed by atoms with Gasteiger partial charge in [-0.3, -0.25) is 4.79 Å². The van der Waals surface area contributed by atoms with E-state index in [1.807, 2.05) is 0 Å². The quantitative estimate of drug-likeness (QED) is 0.244. The molecule has 3 aromatic carbocycles. The maximum absolute atomic E-state index is 13.1. The molecule has 38 heavy (non-hydrogen) atoms. The number of esters is 1. The van der Waals surface area contributed by atoms with Crippen molar-refractivity contribution in [2.45, 2.75) is 44.1 Å². The molecule has 0 atom stereocenters. The number of hydrogen-bond donors (Lipinski definition) is 3. The minimum atomic E-state index is -1.39. The van der Waals surface area contributed by atoms with Gasteiger partial charge in [-0.2, -0.15) is 0 Å². The summed E-state index contributed by atoms with van der Waals surface area (Å²) in [6, 6.07) is 14.1.